The second-order valence-electron chi connectivity index (χ2n) is 4.73. The molecule has 112 valence electrons. The van der Waals surface area contributed by atoms with Crippen molar-refractivity contribution in [3.05, 3.63) is 29.3 Å². The number of morpholine rings is 1. The van der Waals surface area contributed by atoms with E-state index in [9.17, 15) is 13.9 Å². The van der Waals surface area contributed by atoms with Crippen molar-refractivity contribution in [1.29, 1.82) is 0 Å². The number of aliphatic hydroxyl groups excluding tert-OH is 1. The van der Waals surface area contributed by atoms with E-state index >= 15 is 0 Å². The highest BCUT2D eigenvalue weighted by Gasteiger charge is 2.24. The van der Waals surface area contributed by atoms with Crippen molar-refractivity contribution in [1.82, 2.24) is 0 Å². The van der Waals surface area contributed by atoms with Gasteiger partial charge in [-0.3, -0.25) is 0 Å². The molecule has 0 saturated carbocycles. The standard InChI is InChI=1S/C13H14F2N4O2/c14-9-5-8(12(20)13-16-7-17-18-13)6-10(15)11(9)19-1-3-21-4-2-19/h5-6,12,20H,1-4,7H2. The fraction of sp³-hybridized carbons (Fsp3) is 0.462. The first-order chi connectivity index (χ1) is 10.2. The fourth-order valence-electron chi connectivity index (χ4n) is 2.36. The van der Waals surface area contributed by atoms with Crippen molar-refractivity contribution < 1.29 is 18.6 Å². The van der Waals surface area contributed by atoms with Crippen LogP contribution in [0, 0.1) is 11.6 Å². The minimum Gasteiger partial charge on any atom is -0.380 e. The lowest BCUT2D eigenvalue weighted by Crippen LogP contribution is -2.37. The molecule has 1 atom stereocenters. The third kappa shape index (κ3) is 2.77. The van der Waals surface area contributed by atoms with Gasteiger partial charge in [-0.1, -0.05) is 0 Å². The summed E-state index contributed by atoms with van der Waals surface area (Å²) in [6.45, 7) is 1.84. The first-order valence-electron chi connectivity index (χ1n) is 6.58. The third-order valence-electron chi connectivity index (χ3n) is 3.40. The SMILES string of the molecule is OC(C1=NCN=N1)c1cc(F)c(N2CCOCC2)c(F)c1. The van der Waals surface area contributed by atoms with Gasteiger partial charge in [0.05, 0.1) is 13.2 Å². The molecule has 21 heavy (non-hydrogen) atoms. The van der Waals surface area contributed by atoms with Crippen LogP contribution >= 0.6 is 0 Å². The van der Waals surface area contributed by atoms with Crippen molar-refractivity contribution in [2.24, 2.45) is 15.2 Å². The van der Waals surface area contributed by atoms with Gasteiger partial charge in [0.2, 0.25) is 0 Å². The van der Waals surface area contributed by atoms with E-state index in [2.05, 4.69) is 15.2 Å². The van der Waals surface area contributed by atoms with Crippen molar-refractivity contribution >= 4 is 11.5 Å². The van der Waals surface area contributed by atoms with E-state index in [1.54, 1.807) is 4.90 Å². The van der Waals surface area contributed by atoms with Crippen molar-refractivity contribution in [3.8, 4) is 0 Å². The Bertz CT molecular complexity index is 577. The summed E-state index contributed by atoms with van der Waals surface area (Å²) >= 11 is 0. The van der Waals surface area contributed by atoms with Crippen LogP contribution in [0.3, 0.4) is 0 Å². The normalized spacial score (nSPS) is 19.8. The summed E-state index contributed by atoms with van der Waals surface area (Å²) in [5, 5.41) is 17.3. The number of aliphatic imine (C=N–C) groups is 1. The van der Waals surface area contributed by atoms with Gasteiger partial charge in [0.15, 0.2) is 12.5 Å². The minimum absolute atomic E-state index is 0.0629. The van der Waals surface area contributed by atoms with Crippen LogP contribution in [0.1, 0.15) is 11.7 Å². The fourth-order valence-corrected chi connectivity index (χ4v) is 2.36. The number of amidine groups is 1. The molecule has 2 aliphatic rings. The maximum Gasteiger partial charge on any atom is 0.181 e. The predicted molar refractivity (Wildman–Crippen MR) is 71.5 cm³/mol. The molecule has 2 aliphatic heterocycles. The van der Waals surface area contributed by atoms with Crippen LogP contribution in [0.25, 0.3) is 0 Å². The Kier molecular flexibility index (Phi) is 3.89. The Hall–Kier alpha value is -1.93. The second kappa shape index (κ2) is 5.82. The average molecular weight is 296 g/mol. The Balaban J connectivity index is 1.90. The number of hydrogen-bond donors (Lipinski definition) is 1. The number of aliphatic hydroxyl groups is 1. The van der Waals surface area contributed by atoms with E-state index in [-0.39, 0.29) is 23.8 Å². The Labute approximate surface area is 119 Å². The molecular weight excluding hydrogens is 282 g/mol. The van der Waals surface area contributed by atoms with Crippen LogP contribution < -0.4 is 4.90 Å². The van der Waals surface area contributed by atoms with E-state index in [4.69, 9.17) is 4.74 Å². The highest BCUT2D eigenvalue weighted by molar-refractivity contribution is 5.88. The van der Waals surface area contributed by atoms with Gasteiger partial charge < -0.3 is 14.7 Å². The molecule has 1 aromatic rings. The second-order valence-corrected chi connectivity index (χ2v) is 4.73. The Morgan fingerprint density at radius 1 is 1.19 bits per heavy atom. The van der Waals surface area contributed by atoms with Crippen molar-refractivity contribution in [2.75, 3.05) is 37.9 Å². The summed E-state index contributed by atoms with van der Waals surface area (Å²) in [5.41, 5.74) is -0.0224. The van der Waals surface area contributed by atoms with Gasteiger partial charge in [-0.2, -0.15) is 5.11 Å². The number of hydrogen-bond acceptors (Lipinski definition) is 6. The van der Waals surface area contributed by atoms with Gasteiger partial charge in [-0.15, -0.1) is 5.11 Å². The molecule has 0 radical (unpaired) electrons. The molecule has 0 aromatic heterocycles. The first-order valence-corrected chi connectivity index (χ1v) is 6.58. The lowest BCUT2D eigenvalue weighted by atomic mass is 10.1. The highest BCUT2D eigenvalue weighted by atomic mass is 19.1. The molecule has 1 aromatic carbocycles. The van der Waals surface area contributed by atoms with Gasteiger partial charge in [0.25, 0.3) is 0 Å². The summed E-state index contributed by atoms with van der Waals surface area (Å²) < 4.78 is 33.6. The summed E-state index contributed by atoms with van der Waals surface area (Å²) in [5.74, 6) is -1.38. The van der Waals surface area contributed by atoms with Crippen molar-refractivity contribution in [3.63, 3.8) is 0 Å². The molecule has 0 amide bonds. The van der Waals surface area contributed by atoms with Gasteiger partial charge in [-0.05, 0) is 17.7 Å². The Morgan fingerprint density at radius 2 is 1.86 bits per heavy atom. The van der Waals surface area contributed by atoms with Crippen LogP contribution in [-0.2, 0) is 4.74 Å². The maximum absolute atomic E-state index is 14.2. The zero-order chi connectivity index (χ0) is 14.8. The summed E-state index contributed by atoms with van der Waals surface area (Å²) in [4.78, 5) is 5.44. The smallest absolute Gasteiger partial charge is 0.181 e. The molecular formula is C13H14F2N4O2. The molecule has 0 bridgehead atoms. The lowest BCUT2D eigenvalue weighted by molar-refractivity contribution is 0.122. The molecule has 1 fully saturated rings. The summed E-state index contributed by atoms with van der Waals surface area (Å²) in [7, 11) is 0. The monoisotopic (exact) mass is 296 g/mol. The molecule has 0 aliphatic carbocycles. The van der Waals surface area contributed by atoms with Crippen LogP contribution in [0.5, 0.6) is 0 Å². The molecule has 0 spiro atoms. The number of azo groups is 1. The van der Waals surface area contributed by atoms with Crippen LogP contribution in [-0.4, -0.2) is 43.9 Å². The van der Waals surface area contributed by atoms with Gasteiger partial charge in [-0.25, -0.2) is 13.8 Å². The quantitative estimate of drug-likeness (QED) is 0.922. The number of halogens is 2. The van der Waals surface area contributed by atoms with E-state index in [0.717, 1.165) is 12.1 Å². The number of rotatable bonds is 3. The number of anilines is 1. The van der Waals surface area contributed by atoms with E-state index in [1.807, 2.05) is 0 Å². The molecule has 8 heteroatoms. The number of benzene rings is 1. The molecule has 2 heterocycles. The zero-order valence-electron chi connectivity index (χ0n) is 11.2. The van der Waals surface area contributed by atoms with E-state index in [1.165, 1.54) is 0 Å². The molecule has 6 nitrogen and oxygen atoms in total. The minimum atomic E-state index is -1.28. The number of ether oxygens (including phenoxy) is 1. The summed E-state index contributed by atoms with van der Waals surface area (Å²) in [6.07, 6.45) is -1.28. The lowest BCUT2D eigenvalue weighted by Gasteiger charge is -2.29. The predicted octanol–water partition coefficient (Wildman–Crippen LogP) is 1.66. The Morgan fingerprint density at radius 3 is 2.43 bits per heavy atom. The van der Waals surface area contributed by atoms with Gasteiger partial charge in [0, 0.05) is 13.1 Å². The average Bonchev–Trinajstić information content (AvgIpc) is 3.01. The van der Waals surface area contributed by atoms with E-state index < -0.39 is 17.7 Å². The maximum atomic E-state index is 14.2. The van der Waals surface area contributed by atoms with Gasteiger partial charge in [0.1, 0.15) is 23.4 Å². The number of nitrogens with zero attached hydrogens (tertiary/aromatic N) is 4. The third-order valence-corrected chi connectivity index (χ3v) is 3.40. The molecule has 1 N–H and O–H groups in total. The topological polar surface area (TPSA) is 69.8 Å². The van der Waals surface area contributed by atoms with Crippen molar-refractivity contribution in [2.45, 2.75) is 6.10 Å². The zero-order valence-corrected chi connectivity index (χ0v) is 11.2. The van der Waals surface area contributed by atoms with Gasteiger partial charge >= 0.3 is 0 Å². The highest BCUT2D eigenvalue weighted by Crippen LogP contribution is 2.29. The summed E-state index contributed by atoms with van der Waals surface area (Å²) in [6, 6.07) is 2.21. The van der Waals surface area contributed by atoms with E-state index in [0.29, 0.717) is 26.3 Å². The molecule has 3 rings (SSSR count). The van der Waals surface area contributed by atoms with Crippen LogP contribution in [0.2, 0.25) is 0 Å². The largest absolute Gasteiger partial charge is 0.380 e. The van der Waals surface area contributed by atoms with Crippen LogP contribution in [0.4, 0.5) is 14.5 Å². The molecule has 1 unspecified atom stereocenters. The first kappa shape index (κ1) is 14.0. The molecule has 1 saturated heterocycles. The van der Waals surface area contributed by atoms with Crippen LogP contribution in [0.15, 0.2) is 27.4 Å².